The number of hydrogen-bond donors (Lipinski definition) is 0. The Labute approximate surface area is 368 Å². The maximum absolute atomic E-state index is 6.24. The van der Waals surface area contributed by atoms with Gasteiger partial charge >= 0.3 is 0 Å². The molecule has 0 saturated heterocycles. The fourth-order valence-corrected chi connectivity index (χ4v) is 10.7. The van der Waals surface area contributed by atoms with E-state index in [1.165, 1.54) is 86.5 Å². The molecule has 0 amide bonds. The SMILES string of the molecule is c1cc(-c2ccc3oc4ccccc4c3c2)cc(N(c2ccc(-c3ccc4ccccc4c3)cc2)c2cc3ccc4cccc5c6cccc7ccc8cccc(c(c2)c3c45)c8c76)c1. The zero-order valence-electron chi connectivity index (χ0n) is 34.7. The van der Waals surface area contributed by atoms with Gasteiger partial charge in [-0.2, -0.15) is 0 Å². The maximum Gasteiger partial charge on any atom is 0.135 e. The van der Waals surface area contributed by atoms with Crippen molar-refractivity contribution >= 4 is 114 Å². The van der Waals surface area contributed by atoms with Crippen molar-refractivity contribution < 1.29 is 4.42 Å². The number of furan rings is 1. The third-order valence-electron chi connectivity index (χ3n) is 13.7. The number of nitrogens with zero attached hydrogens (tertiary/aromatic N) is 1. The van der Waals surface area contributed by atoms with E-state index < -0.39 is 0 Å². The fourth-order valence-electron chi connectivity index (χ4n) is 10.7. The second-order valence-electron chi connectivity index (χ2n) is 17.2. The molecule has 1 aromatic heterocycles. The Morgan fingerprint density at radius 2 is 0.750 bits per heavy atom. The Balaban J connectivity index is 1.03. The van der Waals surface area contributed by atoms with Crippen molar-refractivity contribution in [2.24, 2.45) is 0 Å². The van der Waals surface area contributed by atoms with Crippen molar-refractivity contribution in [3.8, 4) is 22.3 Å². The number of fused-ring (bicyclic) bond motifs is 6. The largest absolute Gasteiger partial charge is 0.456 e. The molecule has 0 radical (unpaired) electrons. The van der Waals surface area contributed by atoms with Crippen LogP contribution in [-0.2, 0) is 0 Å². The van der Waals surface area contributed by atoms with Gasteiger partial charge in [0.1, 0.15) is 11.2 Å². The summed E-state index contributed by atoms with van der Waals surface area (Å²) in [6.45, 7) is 0. The van der Waals surface area contributed by atoms with E-state index >= 15 is 0 Å². The van der Waals surface area contributed by atoms with Gasteiger partial charge in [0.05, 0.1) is 0 Å². The molecule has 0 saturated carbocycles. The predicted octanol–water partition coefficient (Wildman–Crippen LogP) is 17.9. The average molecular weight is 812 g/mol. The molecule has 13 aromatic carbocycles. The molecule has 0 N–H and O–H groups in total. The molecular formula is C62H37NO. The van der Waals surface area contributed by atoms with Crippen LogP contribution < -0.4 is 4.90 Å². The van der Waals surface area contributed by atoms with E-state index in [9.17, 15) is 0 Å². The van der Waals surface area contributed by atoms with E-state index in [0.29, 0.717) is 0 Å². The van der Waals surface area contributed by atoms with E-state index in [-0.39, 0.29) is 0 Å². The van der Waals surface area contributed by atoms with Crippen molar-refractivity contribution in [1.29, 1.82) is 0 Å². The standard InChI is InChI=1S/C62H37NO/c1-2-10-43-33-45(25-21-38(43)9-1)39-27-30-48(31-28-39)63(49-15-5-14-44(34-49)46-29-32-58-55(36-46)51-16-3-4-20-57(51)64-58)50-35-47-26-24-42-12-7-18-53-52-17-6-11-40-22-23-41-13-8-19-54(61(41)59(40)52)56(37-50)62(47)60(42)53/h1-37H. The molecule has 0 aliphatic carbocycles. The Hall–Kier alpha value is -8.46. The second kappa shape index (κ2) is 13.5. The van der Waals surface area contributed by atoms with Gasteiger partial charge in [-0.3, -0.25) is 0 Å². The average Bonchev–Trinajstić information content (AvgIpc) is 3.73. The molecule has 14 aromatic rings. The molecule has 64 heavy (non-hydrogen) atoms. The van der Waals surface area contributed by atoms with Gasteiger partial charge < -0.3 is 9.32 Å². The molecule has 0 aliphatic rings. The van der Waals surface area contributed by atoms with E-state index in [1.807, 2.05) is 12.1 Å². The van der Waals surface area contributed by atoms with Crippen molar-refractivity contribution in [3.05, 3.63) is 224 Å². The van der Waals surface area contributed by atoms with Gasteiger partial charge in [0, 0.05) is 27.8 Å². The fraction of sp³-hybridized carbons (Fsp3) is 0. The van der Waals surface area contributed by atoms with E-state index in [1.54, 1.807) is 0 Å². The van der Waals surface area contributed by atoms with Gasteiger partial charge in [0.2, 0.25) is 0 Å². The summed E-state index contributed by atoms with van der Waals surface area (Å²) in [5.41, 5.74) is 9.74. The zero-order chi connectivity index (χ0) is 41.9. The van der Waals surface area contributed by atoms with Crippen LogP contribution >= 0.6 is 0 Å². The summed E-state index contributed by atoms with van der Waals surface area (Å²) in [5.74, 6) is 0. The molecule has 0 bridgehead atoms. The van der Waals surface area contributed by atoms with Crippen LogP contribution in [0, 0.1) is 0 Å². The van der Waals surface area contributed by atoms with E-state index in [2.05, 4.69) is 217 Å². The van der Waals surface area contributed by atoms with E-state index in [0.717, 1.165) is 50.1 Å². The molecule has 0 unspecified atom stereocenters. The second-order valence-corrected chi connectivity index (χ2v) is 17.2. The van der Waals surface area contributed by atoms with E-state index in [4.69, 9.17) is 4.42 Å². The van der Waals surface area contributed by atoms with Crippen LogP contribution in [0.1, 0.15) is 0 Å². The number of benzene rings is 12. The van der Waals surface area contributed by atoms with Crippen LogP contribution in [0.3, 0.4) is 0 Å². The summed E-state index contributed by atoms with van der Waals surface area (Å²) >= 11 is 0. The van der Waals surface area contributed by atoms with Gasteiger partial charge in [-0.15, -0.1) is 0 Å². The van der Waals surface area contributed by atoms with Crippen molar-refractivity contribution in [3.63, 3.8) is 0 Å². The lowest BCUT2D eigenvalue weighted by Gasteiger charge is -2.27. The highest BCUT2D eigenvalue weighted by molar-refractivity contribution is 6.37. The minimum absolute atomic E-state index is 0.898. The first-order valence-corrected chi connectivity index (χ1v) is 22.1. The van der Waals surface area contributed by atoms with Gasteiger partial charge in [-0.1, -0.05) is 164 Å². The van der Waals surface area contributed by atoms with Crippen molar-refractivity contribution in [2.75, 3.05) is 4.90 Å². The molecule has 0 fully saturated rings. The highest BCUT2D eigenvalue weighted by Gasteiger charge is 2.20. The predicted molar refractivity (Wildman–Crippen MR) is 273 cm³/mol. The molecule has 0 spiro atoms. The summed E-state index contributed by atoms with van der Waals surface area (Å²) in [4.78, 5) is 2.44. The smallest absolute Gasteiger partial charge is 0.135 e. The molecule has 1 heterocycles. The van der Waals surface area contributed by atoms with Crippen molar-refractivity contribution in [1.82, 2.24) is 0 Å². The number of rotatable bonds is 5. The third kappa shape index (κ3) is 5.27. The molecule has 0 aliphatic heterocycles. The topological polar surface area (TPSA) is 16.4 Å². The minimum atomic E-state index is 0.898. The summed E-state index contributed by atoms with van der Waals surface area (Å²) < 4.78 is 6.24. The van der Waals surface area contributed by atoms with Crippen LogP contribution in [0.4, 0.5) is 17.1 Å². The third-order valence-corrected chi connectivity index (χ3v) is 13.7. The van der Waals surface area contributed by atoms with Gasteiger partial charge in [0.25, 0.3) is 0 Å². The molecule has 0 atom stereocenters. The van der Waals surface area contributed by atoms with Crippen molar-refractivity contribution in [2.45, 2.75) is 0 Å². The maximum atomic E-state index is 6.24. The summed E-state index contributed by atoms with van der Waals surface area (Å²) in [7, 11) is 0. The van der Waals surface area contributed by atoms with Crippen LogP contribution in [0.2, 0.25) is 0 Å². The monoisotopic (exact) mass is 811 g/mol. The minimum Gasteiger partial charge on any atom is -0.456 e. The van der Waals surface area contributed by atoms with Gasteiger partial charge in [-0.25, -0.2) is 0 Å². The lowest BCUT2D eigenvalue weighted by atomic mass is 9.87. The van der Waals surface area contributed by atoms with Crippen LogP contribution in [0.15, 0.2) is 229 Å². The summed E-state index contributed by atoms with van der Waals surface area (Å²) in [6, 6.07) is 82.8. The quantitative estimate of drug-likeness (QED) is 0.161. The Bertz CT molecular complexity index is 4190. The van der Waals surface area contributed by atoms with Crippen LogP contribution in [-0.4, -0.2) is 0 Å². The molecular weight excluding hydrogens is 775 g/mol. The molecule has 296 valence electrons. The highest BCUT2D eigenvalue weighted by Crippen LogP contribution is 2.47. The van der Waals surface area contributed by atoms with Crippen LogP contribution in [0.5, 0.6) is 0 Å². The van der Waals surface area contributed by atoms with Gasteiger partial charge in [0.15, 0.2) is 0 Å². The first-order valence-electron chi connectivity index (χ1n) is 22.1. The number of para-hydroxylation sites is 1. The first kappa shape index (κ1) is 35.2. The Kier molecular flexibility index (Phi) is 7.43. The Morgan fingerprint density at radius 1 is 0.234 bits per heavy atom. The number of anilines is 3. The lowest BCUT2D eigenvalue weighted by Crippen LogP contribution is -2.10. The van der Waals surface area contributed by atoms with Crippen LogP contribution in [0.25, 0.3) is 120 Å². The molecule has 14 rings (SSSR count). The lowest BCUT2D eigenvalue weighted by molar-refractivity contribution is 0.669. The molecule has 2 nitrogen and oxygen atoms in total. The number of hydrogen-bond acceptors (Lipinski definition) is 2. The molecule has 2 heteroatoms. The summed E-state index contributed by atoms with van der Waals surface area (Å²) in [6.07, 6.45) is 0. The Morgan fingerprint density at radius 3 is 1.50 bits per heavy atom. The zero-order valence-corrected chi connectivity index (χ0v) is 34.7. The normalized spacial score (nSPS) is 12.1. The summed E-state index contributed by atoms with van der Waals surface area (Å²) in [5, 5.41) is 20.0. The first-order chi connectivity index (χ1) is 31.7. The van der Waals surface area contributed by atoms with Gasteiger partial charge in [-0.05, 0) is 158 Å². The highest BCUT2D eigenvalue weighted by atomic mass is 16.3.